The molecule has 4 nitrogen and oxygen atoms in total. The summed E-state index contributed by atoms with van der Waals surface area (Å²) in [6.07, 6.45) is -1.15. The van der Waals surface area contributed by atoms with Crippen molar-refractivity contribution < 1.29 is 21.6 Å². The molecule has 0 saturated heterocycles. The fourth-order valence-corrected chi connectivity index (χ4v) is 5.91. The zero-order valence-corrected chi connectivity index (χ0v) is 19.1. The molecule has 8 heteroatoms. The second kappa shape index (κ2) is 9.44. The number of nitrogens with one attached hydrogen (secondary N) is 2. The summed E-state index contributed by atoms with van der Waals surface area (Å²) in [5.41, 5.74) is 0.269. The smallest absolute Gasteiger partial charge is 0.306 e. The number of benzene rings is 3. The van der Waals surface area contributed by atoms with E-state index in [4.69, 9.17) is 0 Å². The summed E-state index contributed by atoms with van der Waals surface area (Å²) >= 11 is 0. The van der Waals surface area contributed by atoms with Crippen molar-refractivity contribution >= 4 is 20.8 Å². The van der Waals surface area contributed by atoms with Crippen LogP contribution in [0.15, 0.2) is 71.6 Å². The zero-order valence-electron chi connectivity index (χ0n) is 18.3. The highest BCUT2D eigenvalue weighted by Gasteiger charge is 2.33. The molecule has 1 aliphatic carbocycles. The number of rotatable bonds is 6. The molecule has 176 valence electrons. The lowest BCUT2D eigenvalue weighted by Gasteiger charge is -2.35. The highest BCUT2D eigenvalue weighted by Crippen LogP contribution is 2.31. The lowest BCUT2D eigenvalue weighted by Crippen LogP contribution is -2.52. The molecule has 0 aliphatic heterocycles. The molecular formula is C25H27F3N2O2S. The molecule has 0 amide bonds. The molecule has 3 aromatic carbocycles. The molecule has 3 aromatic rings. The third kappa shape index (κ3) is 5.39. The zero-order chi connectivity index (χ0) is 23.6. The van der Waals surface area contributed by atoms with Crippen molar-refractivity contribution in [3.05, 3.63) is 77.9 Å². The molecule has 33 heavy (non-hydrogen) atoms. The third-order valence-electron chi connectivity index (χ3n) is 6.32. The number of fused-ring (bicyclic) bond motifs is 1. The van der Waals surface area contributed by atoms with E-state index in [-0.39, 0.29) is 23.0 Å². The Morgan fingerprint density at radius 3 is 2.21 bits per heavy atom. The van der Waals surface area contributed by atoms with E-state index in [0.717, 1.165) is 59.9 Å². The van der Waals surface area contributed by atoms with E-state index < -0.39 is 21.8 Å². The highest BCUT2D eigenvalue weighted by molar-refractivity contribution is 7.89. The summed E-state index contributed by atoms with van der Waals surface area (Å²) in [6, 6.07) is 17.5. The molecule has 0 radical (unpaired) electrons. The summed E-state index contributed by atoms with van der Waals surface area (Å²) in [7, 11) is -3.95. The van der Waals surface area contributed by atoms with Gasteiger partial charge in [0.15, 0.2) is 0 Å². The van der Waals surface area contributed by atoms with Crippen molar-refractivity contribution in [1.29, 1.82) is 0 Å². The first-order valence-corrected chi connectivity index (χ1v) is 12.6. The Kier molecular flexibility index (Phi) is 6.79. The van der Waals surface area contributed by atoms with Crippen molar-refractivity contribution in [3.63, 3.8) is 0 Å². The van der Waals surface area contributed by atoms with Gasteiger partial charge in [-0.25, -0.2) is 13.1 Å². The van der Waals surface area contributed by atoms with Gasteiger partial charge in [-0.15, -0.1) is 0 Å². The summed E-state index contributed by atoms with van der Waals surface area (Å²) in [5.74, 6) is 0. The maximum atomic E-state index is 12.9. The maximum Gasteiger partial charge on any atom is 0.416 e. The molecule has 0 heterocycles. The first-order valence-electron chi connectivity index (χ1n) is 11.1. The van der Waals surface area contributed by atoms with Crippen LogP contribution in [0.25, 0.3) is 10.8 Å². The summed E-state index contributed by atoms with van der Waals surface area (Å²) in [4.78, 5) is -0.165. The first-order chi connectivity index (χ1) is 15.6. The number of hydrogen-bond acceptors (Lipinski definition) is 3. The third-order valence-corrected chi connectivity index (χ3v) is 7.82. The Bertz CT molecular complexity index is 1210. The second-order valence-electron chi connectivity index (χ2n) is 8.60. The Labute approximate surface area is 192 Å². The van der Waals surface area contributed by atoms with Gasteiger partial charge in [0.1, 0.15) is 0 Å². The highest BCUT2D eigenvalue weighted by atomic mass is 32.2. The van der Waals surface area contributed by atoms with Crippen LogP contribution in [-0.4, -0.2) is 20.5 Å². The summed E-state index contributed by atoms with van der Waals surface area (Å²) in [5, 5.41) is 5.90. The van der Waals surface area contributed by atoms with Crippen molar-refractivity contribution in [2.75, 3.05) is 0 Å². The SMILES string of the molecule is CC(N[C@H]1CCCC[C@@H]1NS(=O)(=O)c1ccc(C(F)(F)F)cc1)c1cccc2ccccc12. The Balaban J connectivity index is 1.51. The van der Waals surface area contributed by atoms with E-state index in [2.05, 4.69) is 41.2 Å². The van der Waals surface area contributed by atoms with Crippen LogP contribution in [-0.2, 0) is 16.2 Å². The molecule has 0 bridgehead atoms. The number of alkyl halides is 3. The van der Waals surface area contributed by atoms with Gasteiger partial charge in [-0.3, -0.25) is 0 Å². The van der Waals surface area contributed by atoms with Gasteiger partial charge in [0.2, 0.25) is 10.0 Å². The van der Waals surface area contributed by atoms with E-state index >= 15 is 0 Å². The molecule has 4 rings (SSSR count). The maximum absolute atomic E-state index is 12.9. The van der Waals surface area contributed by atoms with Crippen LogP contribution >= 0.6 is 0 Å². The number of halogens is 3. The predicted molar refractivity (Wildman–Crippen MR) is 123 cm³/mol. The van der Waals surface area contributed by atoms with Crippen LogP contribution in [0.1, 0.15) is 49.8 Å². The number of hydrogen-bond donors (Lipinski definition) is 2. The summed E-state index contributed by atoms with van der Waals surface area (Å²) < 4.78 is 67.1. The van der Waals surface area contributed by atoms with Gasteiger partial charge in [0.05, 0.1) is 10.5 Å². The largest absolute Gasteiger partial charge is 0.416 e. The van der Waals surface area contributed by atoms with E-state index in [1.165, 1.54) is 0 Å². The van der Waals surface area contributed by atoms with Gasteiger partial charge in [-0.05, 0) is 60.4 Å². The van der Waals surface area contributed by atoms with Crippen molar-refractivity contribution in [2.45, 2.75) is 61.8 Å². The fourth-order valence-electron chi connectivity index (χ4n) is 4.60. The first kappa shape index (κ1) is 23.7. The van der Waals surface area contributed by atoms with E-state index in [1.54, 1.807) is 0 Å². The molecule has 3 atom stereocenters. The Morgan fingerprint density at radius 1 is 0.879 bits per heavy atom. The average Bonchev–Trinajstić information content (AvgIpc) is 2.79. The van der Waals surface area contributed by atoms with Crippen LogP contribution in [0.3, 0.4) is 0 Å². The molecule has 0 spiro atoms. The van der Waals surface area contributed by atoms with Crippen molar-refractivity contribution in [2.24, 2.45) is 0 Å². The molecule has 1 aliphatic rings. The lowest BCUT2D eigenvalue weighted by molar-refractivity contribution is -0.137. The van der Waals surface area contributed by atoms with Gasteiger partial charge in [-0.2, -0.15) is 13.2 Å². The van der Waals surface area contributed by atoms with Crippen LogP contribution in [0.2, 0.25) is 0 Å². The number of sulfonamides is 1. The quantitative estimate of drug-likeness (QED) is 0.473. The molecule has 1 unspecified atom stereocenters. The summed E-state index contributed by atoms with van der Waals surface area (Å²) in [6.45, 7) is 2.07. The van der Waals surface area contributed by atoms with Crippen LogP contribution in [0.4, 0.5) is 13.2 Å². The standard InChI is InChI=1S/C25H27F3N2O2S/c1-17(21-10-6-8-18-7-2-3-9-22(18)21)29-23-11-4-5-12-24(23)30-33(31,32)20-15-13-19(14-16-20)25(26,27)28/h2-3,6-10,13-17,23-24,29-30H,4-5,11-12H2,1H3/t17?,23-,24-/m0/s1. The fraction of sp³-hybridized carbons (Fsp3) is 0.360. The van der Waals surface area contributed by atoms with Gasteiger partial charge in [0.25, 0.3) is 0 Å². The van der Waals surface area contributed by atoms with Crippen molar-refractivity contribution in [3.8, 4) is 0 Å². The predicted octanol–water partition coefficient (Wildman–Crippen LogP) is 5.80. The molecule has 1 saturated carbocycles. The van der Waals surface area contributed by atoms with E-state index in [9.17, 15) is 21.6 Å². The Morgan fingerprint density at radius 2 is 1.52 bits per heavy atom. The minimum absolute atomic E-state index is 0.00252. The van der Waals surface area contributed by atoms with Gasteiger partial charge >= 0.3 is 6.18 Å². The molecule has 0 aromatic heterocycles. The van der Waals surface area contributed by atoms with E-state index in [1.807, 2.05) is 18.2 Å². The minimum atomic E-state index is -4.51. The van der Waals surface area contributed by atoms with Crippen LogP contribution in [0.5, 0.6) is 0 Å². The Hall–Kier alpha value is -2.42. The average molecular weight is 477 g/mol. The van der Waals surface area contributed by atoms with Gasteiger partial charge in [-0.1, -0.05) is 55.3 Å². The molecule has 1 fully saturated rings. The normalized spacial score (nSPS) is 20.6. The van der Waals surface area contributed by atoms with Crippen molar-refractivity contribution in [1.82, 2.24) is 10.0 Å². The molecular weight excluding hydrogens is 449 g/mol. The van der Waals surface area contributed by atoms with Crippen LogP contribution < -0.4 is 10.0 Å². The topological polar surface area (TPSA) is 58.2 Å². The molecule has 2 N–H and O–H groups in total. The monoisotopic (exact) mass is 476 g/mol. The van der Waals surface area contributed by atoms with Crippen LogP contribution in [0, 0.1) is 0 Å². The lowest BCUT2D eigenvalue weighted by atomic mass is 9.89. The van der Waals surface area contributed by atoms with Gasteiger partial charge < -0.3 is 5.32 Å². The van der Waals surface area contributed by atoms with E-state index in [0.29, 0.717) is 6.42 Å². The minimum Gasteiger partial charge on any atom is -0.306 e. The van der Waals surface area contributed by atoms with Gasteiger partial charge in [0, 0.05) is 18.1 Å². The second-order valence-corrected chi connectivity index (χ2v) is 10.3.